The number of rotatable bonds is 5. The Hall–Kier alpha value is -1.16. The number of nitrogens with two attached hydrogens (primary N) is 1. The van der Waals surface area contributed by atoms with Gasteiger partial charge in [-0.3, -0.25) is 0 Å². The molecule has 1 aromatic heterocycles. The lowest BCUT2D eigenvalue weighted by Crippen LogP contribution is -2.18. The highest BCUT2D eigenvalue weighted by Gasteiger charge is 2.02. The predicted octanol–water partition coefficient (Wildman–Crippen LogP) is 1.16. The number of ether oxygens (including phenoxy) is 1. The summed E-state index contributed by atoms with van der Waals surface area (Å²) in [6.45, 7) is 4.70. The van der Waals surface area contributed by atoms with Crippen molar-refractivity contribution < 1.29 is 4.74 Å². The van der Waals surface area contributed by atoms with Crippen LogP contribution >= 0.6 is 0 Å². The van der Waals surface area contributed by atoms with E-state index >= 15 is 0 Å². The number of hydrogen-bond acceptors (Lipinski definition) is 4. The molecule has 0 aliphatic heterocycles. The van der Waals surface area contributed by atoms with E-state index in [1.165, 1.54) is 6.33 Å². The lowest BCUT2D eigenvalue weighted by atomic mass is 10.2. The monoisotopic (exact) mass is 195 g/mol. The van der Waals surface area contributed by atoms with Gasteiger partial charge in [0.1, 0.15) is 6.33 Å². The summed E-state index contributed by atoms with van der Waals surface area (Å²) in [5, 5.41) is 0. The van der Waals surface area contributed by atoms with Crippen LogP contribution in [-0.2, 0) is 6.42 Å². The number of nitrogens with zero attached hydrogens (tertiary/aromatic N) is 2. The number of aromatic nitrogens is 2. The second-order valence-corrected chi connectivity index (χ2v) is 3.38. The molecular formula is C10H17N3O. The van der Waals surface area contributed by atoms with Gasteiger partial charge in [-0.15, -0.1) is 0 Å². The van der Waals surface area contributed by atoms with Gasteiger partial charge in [-0.1, -0.05) is 6.92 Å². The largest absolute Gasteiger partial charge is 0.478 e. The third kappa shape index (κ3) is 3.70. The second kappa shape index (κ2) is 5.54. The lowest BCUT2D eigenvalue weighted by molar-refractivity contribution is 0.304. The van der Waals surface area contributed by atoms with Crippen molar-refractivity contribution >= 4 is 0 Å². The first-order valence-corrected chi connectivity index (χ1v) is 4.91. The van der Waals surface area contributed by atoms with Crippen molar-refractivity contribution in [3.63, 3.8) is 0 Å². The predicted molar refractivity (Wildman–Crippen MR) is 55.2 cm³/mol. The maximum atomic E-state index is 5.67. The number of hydrogen-bond donors (Lipinski definition) is 1. The summed E-state index contributed by atoms with van der Waals surface area (Å²) >= 11 is 0. The van der Waals surface area contributed by atoms with Gasteiger partial charge < -0.3 is 10.5 Å². The Morgan fingerprint density at radius 2 is 2.29 bits per heavy atom. The standard InChI is InChI=1S/C10H17N3O/c1-3-4-14-10-6-9(5-8(2)11)12-7-13-10/h6-8H,3-5,11H2,1-2H3. The van der Waals surface area contributed by atoms with Gasteiger partial charge in [0.15, 0.2) is 0 Å². The molecule has 0 saturated heterocycles. The third-order valence-electron chi connectivity index (χ3n) is 1.68. The molecule has 0 fully saturated rings. The zero-order valence-electron chi connectivity index (χ0n) is 8.73. The van der Waals surface area contributed by atoms with E-state index < -0.39 is 0 Å². The Kier molecular flexibility index (Phi) is 4.32. The Bertz CT molecular complexity index is 276. The van der Waals surface area contributed by atoms with Crippen LogP contribution in [0.1, 0.15) is 26.0 Å². The van der Waals surface area contributed by atoms with Crippen molar-refractivity contribution in [1.82, 2.24) is 9.97 Å². The first-order valence-electron chi connectivity index (χ1n) is 4.91. The summed E-state index contributed by atoms with van der Waals surface area (Å²) in [5.41, 5.74) is 6.60. The lowest BCUT2D eigenvalue weighted by Gasteiger charge is -2.06. The minimum atomic E-state index is 0.115. The highest BCUT2D eigenvalue weighted by atomic mass is 16.5. The first kappa shape index (κ1) is 10.9. The van der Waals surface area contributed by atoms with Crippen LogP contribution in [0.3, 0.4) is 0 Å². The van der Waals surface area contributed by atoms with Crippen LogP contribution in [0.2, 0.25) is 0 Å². The molecule has 0 aliphatic rings. The molecule has 4 nitrogen and oxygen atoms in total. The zero-order chi connectivity index (χ0) is 10.4. The van der Waals surface area contributed by atoms with Gasteiger partial charge in [0.05, 0.1) is 6.61 Å². The van der Waals surface area contributed by atoms with E-state index in [4.69, 9.17) is 10.5 Å². The van der Waals surface area contributed by atoms with Gasteiger partial charge in [-0.05, 0) is 13.3 Å². The summed E-state index contributed by atoms with van der Waals surface area (Å²) in [6.07, 6.45) is 3.25. The molecule has 1 rings (SSSR count). The molecule has 0 bridgehead atoms. The smallest absolute Gasteiger partial charge is 0.216 e. The van der Waals surface area contributed by atoms with Crippen LogP contribution in [0.4, 0.5) is 0 Å². The molecule has 1 aromatic rings. The summed E-state index contributed by atoms with van der Waals surface area (Å²) in [4.78, 5) is 8.13. The van der Waals surface area contributed by atoms with E-state index in [1.807, 2.05) is 13.0 Å². The van der Waals surface area contributed by atoms with E-state index in [1.54, 1.807) is 0 Å². The molecule has 0 spiro atoms. The van der Waals surface area contributed by atoms with E-state index in [-0.39, 0.29) is 6.04 Å². The van der Waals surface area contributed by atoms with Gasteiger partial charge in [0.2, 0.25) is 5.88 Å². The van der Waals surface area contributed by atoms with Crippen molar-refractivity contribution in [2.45, 2.75) is 32.7 Å². The molecule has 0 amide bonds. The molecule has 14 heavy (non-hydrogen) atoms. The highest BCUT2D eigenvalue weighted by molar-refractivity contribution is 5.14. The fourth-order valence-electron chi connectivity index (χ4n) is 1.10. The van der Waals surface area contributed by atoms with E-state index in [0.29, 0.717) is 12.5 Å². The van der Waals surface area contributed by atoms with Crippen LogP contribution in [-0.4, -0.2) is 22.6 Å². The second-order valence-electron chi connectivity index (χ2n) is 3.38. The maximum Gasteiger partial charge on any atom is 0.216 e. The molecule has 1 heterocycles. The highest BCUT2D eigenvalue weighted by Crippen LogP contribution is 2.08. The molecule has 0 radical (unpaired) electrons. The summed E-state index contributed by atoms with van der Waals surface area (Å²) in [7, 11) is 0. The fraction of sp³-hybridized carbons (Fsp3) is 0.600. The molecule has 2 N–H and O–H groups in total. The Balaban J connectivity index is 2.59. The minimum Gasteiger partial charge on any atom is -0.478 e. The Labute approximate surface area is 84.5 Å². The maximum absolute atomic E-state index is 5.67. The minimum absolute atomic E-state index is 0.115. The first-order chi connectivity index (χ1) is 6.72. The van der Waals surface area contributed by atoms with Crippen LogP contribution in [0.5, 0.6) is 5.88 Å². The van der Waals surface area contributed by atoms with Gasteiger partial charge in [0, 0.05) is 24.2 Å². The van der Waals surface area contributed by atoms with Crippen LogP contribution in [0, 0.1) is 0 Å². The third-order valence-corrected chi connectivity index (χ3v) is 1.68. The normalized spacial score (nSPS) is 12.5. The molecule has 0 aliphatic carbocycles. The molecule has 78 valence electrons. The van der Waals surface area contributed by atoms with Crippen molar-refractivity contribution in [1.29, 1.82) is 0 Å². The summed E-state index contributed by atoms with van der Waals surface area (Å²) in [5.74, 6) is 0.637. The van der Waals surface area contributed by atoms with Crippen LogP contribution in [0.25, 0.3) is 0 Å². The molecule has 4 heteroatoms. The van der Waals surface area contributed by atoms with Crippen molar-refractivity contribution in [2.75, 3.05) is 6.61 Å². The molecular weight excluding hydrogens is 178 g/mol. The fourth-order valence-corrected chi connectivity index (χ4v) is 1.10. The van der Waals surface area contributed by atoms with E-state index in [2.05, 4.69) is 16.9 Å². The van der Waals surface area contributed by atoms with E-state index in [0.717, 1.165) is 18.5 Å². The summed E-state index contributed by atoms with van der Waals surface area (Å²) in [6, 6.07) is 1.96. The van der Waals surface area contributed by atoms with Crippen molar-refractivity contribution in [3.8, 4) is 5.88 Å². The Morgan fingerprint density at radius 1 is 1.50 bits per heavy atom. The van der Waals surface area contributed by atoms with Crippen LogP contribution < -0.4 is 10.5 Å². The van der Waals surface area contributed by atoms with Gasteiger partial charge in [-0.2, -0.15) is 0 Å². The zero-order valence-corrected chi connectivity index (χ0v) is 8.73. The average molecular weight is 195 g/mol. The van der Waals surface area contributed by atoms with Gasteiger partial charge in [0.25, 0.3) is 0 Å². The summed E-state index contributed by atoms with van der Waals surface area (Å²) < 4.78 is 5.39. The topological polar surface area (TPSA) is 61.0 Å². The molecule has 1 atom stereocenters. The van der Waals surface area contributed by atoms with E-state index in [9.17, 15) is 0 Å². The van der Waals surface area contributed by atoms with Crippen LogP contribution in [0.15, 0.2) is 12.4 Å². The molecule has 0 aromatic carbocycles. The van der Waals surface area contributed by atoms with Crippen molar-refractivity contribution in [3.05, 3.63) is 18.1 Å². The SMILES string of the molecule is CCCOc1cc(CC(C)N)ncn1. The quantitative estimate of drug-likeness (QED) is 0.765. The molecule has 0 saturated carbocycles. The van der Waals surface area contributed by atoms with Crippen molar-refractivity contribution in [2.24, 2.45) is 5.73 Å². The molecule has 1 unspecified atom stereocenters. The average Bonchev–Trinajstić information content (AvgIpc) is 2.14. The van der Waals surface area contributed by atoms with Gasteiger partial charge in [-0.25, -0.2) is 9.97 Å². The Morgan fingerprint density at radius 3 is 2.93 bits per heavy atom. The van der Waals surface area contributed by atoms with Gasteiger partial charge >= 0.3 is 0 Å².